The van der Waals surface area contributed by atoms with Gasteiger partial charge in [-0.25, -0.2) is 0 Å². The average Bonchev–Trinajstić information content (AvgIpc) is 3.41. The second-order valence-electron chi connectivity index (χ2n) is 7.46. The molecule has 2 saturated heterocycles. The van der Waals surface area contributed by atoms with Gasteiger partial charge in [0, 0.05) is 31.7 Å². The lowest BCUT2D eigenvalue weighted by Crippen LogP contribution is -2.42. The largest absolute Gasteiger partial charge is 0.381 e. The van der Waals surface area contributed by atoms with Crippen molar-refractivity contribution in [2.75, 3.05) is 52.5 Å². The summed E-state index contributed by atoms with van der Waals surface area (Å²) in [6.07, 6.45) is 2.42. The minimum atomic E-state index is 0.358. The van der Waals surface area contributed by atoms with Gasteiger partial charge >= 0.3 is 0 Å². The fourth-order valence-electron chi connectivity index (χ4n) is 4.25. The summed E-state index contributed by atoms with van der Waals surface area (Å²) in [5.41, 5.74) is 1.75. The van der Waals surface area contributed by atoms with E-state index in [1.54, 1.807) is 11.3 Å². The van der Waals surface area contributed by atoms with Crippen molar-refractivity contribution in [3.63, 3.8) is 0 Å². The first-order valence-electron chi connectivity index (χ1n) is 10.1. The fourth-order valence-corrected chi connectivity index (χ4v) is 4.95. The molecule has 6 heteroatoms. The highest BCUT2D eigenvalue weighted by Crippen LogP contribution is 2.38. The third-order valence-electron chi connectivity index (χ3n) is 5.85. The number of ether oxygens (including phenoxy) is 1. The van der Waals surface area contributed by atoms with Crippen molar-refractivity contribution in [3.8, 4) is 0 Å². The van der Waals surface area contributed by atoms with Crippen LogP contribution in [0.5, 0.6) is 0 Å². The molecule has 0 bridgehead atoms. The summed E-state index contributed by atoms with van der Waals surface area (Å²) < 4.78 is 5.69. The predicted molar refractivity (Wildman–Crippen MR) is 110 cm³/mol. The van der Waals surface area contributed by atoms with E-state index in [1.165, 1.54) is 18.4 Å². The van der Waals surface area contributed by atoms with Gasteiger partial charge in [-0.15, -0.1) is 0 Å². The average molecular weight is 379 g/mol. The Labute approximate surface area is 162 Å². The predicted octanol–water partition coefficient (Wildman–Crippen LogP) is 3.21. The van der Waals surface area contributed by atoms with Crippen LogP contribution in [0.2, 0.25) is 0 Å². The van der Waals surface area contributed by atoms with Crippen molar-refractivity contribution in [2.24, 2.45) is 10.4 Å². The molecule has 26 heavy (non-hydrogen) atoms. The standard InChI is InChI=1S/C20H34N4OS/c1-4-21-19(24-10-8-20(15-24)9-11-25-16-20)22-13-18(23(5-2)6-3)17-7-12-26-14-17/h7,12,14,18H,4-6,8-11,13,15-16H2,1-3H3,(H,21,22). The number of nitrogens with one attached hydrogen (secondary N) is 1. The van der Waals surface area contributed by atoms with E-state index in [-0.39, 0.29) is 0 Å². The van der Waals surface area contributed by atoms with E-state index >= 15 is 0 Å². The summed E-state index contributed by atoms with van der Waals surface area (Å²) in [5, 5.41) is 7.97. The van der Waals surface area contributed by atoms with E-state index < -0.39 is 0 Å². The molecule has 3 rings (SSSR count). The normalized spacial score (nSPS) is 24.8. The first kappa shape index (κ1) is 19.6. The van der Waals surface area contributed by atoms with Crippen LogP contribution in [0.4, 0.5) is 0 Å². The molecule has 5 nitrogen and oxygen atoms in total. The topological polar surface area (TPSA) is 40.1 Å². The van der Waals surface area contributed by atoms with Crippen LogP contribution in [0.1, 0.15) is 45.2 Å². The van der Waals surface area contributed by atoms with Crippen molar-refractivity contribution < 1.29 is 4.74 Å². The number of likely N-dealkylation sites (tertiary alicyclic amines) is 1. The van der Waals surface area contributed by atoms with Gasteiger partial charge in [0.25, 0.3) is 0 Å². The molecule has 2 fully saturated rings. The highest BCUT2D eigenvalue weighted by atomic mass is 32.1. The zero-order valence-corrected chi connectivity index (χ0v) is 17.4. The second kappa shape index (κ2) is 9.20. The van der Waals surface area contributed by atoms with Crippen LogP contribution in [-0.4, -0.2) is 68.2 Å². The SMILES string of the molecule is CCNC(=NCC(c1ccsc1)N(CC)CC)N1CCC2(CCOC2)C1. The Bertz CT molecular complexity index is 564. The van der Waals surface area contributed by atoms with Crippen molar-refractivity contribution in [2.45, 2.75) is 39.7 Å². The Morgan fingerprint density at radius 1 is 1.38 bits per heavy atom. The van der Waals surface area contributed by atoms with E-state index in [1.807, 2.05) is 0 Å². The number of hydrogen-bond donors (Lipinski definition) is 1. The van der Waals surface area contributed by atoms with Gasteiger partial charge in [0.05, 0.1) is 19.2 Å². The van der Waals surface area contributed by atoms with E-state index in [4.69, 9.17) is 9.73 Å². The molecule has 1 aromatic heterocycles. The van der Waals surface area contributed by atoms with Crippen LogP contribution in [0.15, 0.2) is 21.8 Å². The smallest absolute Gasteiger partial charge is 0.194 e. The number of rotatable bonds is 7. The fraction of sp³-hybridized carbons (Fsp3) is 0.750. The number of nitrogens with zero attached hydrogens (tertiary/aromatic N) is 3. The summed E-state index contributed by atoms with van der Waals surface area (Å²) in [6, 6.07) is 2.60. The highest BCUT2D eigenvalue weighted by Gasteiger charge is 2.42. The van der Waals surface area contributed by atoms with Gasteiger partial charge in [0.1, 0.15) is 0 Å². The van der Waals surface area contributed by atoms with Crippen LogP contribution < -0.4 is 5.32 Å². The van der Waals surface area contributed by atoms with Crippen LogP contribution in [0.25, 0.3) is 0 Å². The molecular weight excluding hydrogens is 344 g/mol. The Morgan fingerprint density at radius 2 is 2.23 bits per heavy atom. The molecule has 1 N–H and O–H groups in total. The number of likely N-dealkylation sites (N-methyl/N-ethyl adjacent to an activating group) is 1. The lowest BCUT2D eigenvalue weighted by atomic mass is 9.87. The molecule has 3 heterocycles. The molecule has 0 aliphatic carbocycles. The third kappa shape index (κ3) is 4.41. The van der Waals surface area contributed by atoms with Crippen LogP contribution in [0.3, 0.4) is 0 Å². The van der Waals surface area contributed by atoms with Gasteiger partial charge in [0.15, 0.2) is 5.96 Å². The maximum absolute atomic E-state index is 5.69. The summed E-state index contributed by atoms with van der Waals surface area (Å²) in [7, 11) is 0. The molecule has 0 saturated carbocycles. The summed E-state index contributed by atoms with van der Waals surface area (Å²) in [6.45, 7) is 14.4. The minimum Gasteiger partial charge on any atom is -0.381 e. The van der Waals surface area contributed by atoms with Crippen molar-refractivity contribution in [3.05, 3.63) is 22.4 Å². The van der Waals surface area contributed by atoms with Crippen LogP contribution in [-0.2, 0) is 4.74 Å². The van der Waals surface area contributed by atoms with E-state index in [9.17, 15) is 0 Å². The summed E-state index contributed by atoms with van der Waals surface area (Å²) >= 11 is 1.77. The lowest BCUT2D eigenvalue weighted by molar-refractivity contribution is 0.156. The van der Waals surface area contributed by atoms with E-state index in [2.05, 4.69) is 52.7 Å². The molecule has 0 aromatic carbocycles. The Balaban J connectivity index is 1.72. The first-order chi connectivity index (χ1) is 12.7. The summed E-state index contributed by atoms with van der Waals surface area (Å²) in [5.74, 6) is 1.07. The van der Waals surface area contributed by atoms with E-state index in [0.29, 0.717) is 11.5 Å². The maximum atomic E-state index is 5.69. The number of aliphatic imine (C=N–C) groups is 1. The Kier molecular flexibility index (Phi) is 6.95. The number of thiophene rings is 1. The van der Waals surface area contributed by atoms with Crippen molar-refractivity contribution in [1.82, 2.24) is 15.1 Å². The molecule has 1 aromatic rings. The second-order valence-corrected chi connectivity index (χ2v) is 8.24. The Morgan fingerprint density at radius 3 is 2.85 bits per heavy atom. The molecule has 2 aliphatic rings. The lowest BCUT2D eigenvalue weighted by Gasteiger charge is -2.29. The van der Waals surface area contributed by atoms with Gasteiger partial charge < -0.3 is 15.0 Å². The first-order valence-corrected chi connectivity index (χ1v) is 11.0. The molecular formula is C20H34N4OS. The molecule has 2 unspecified atom stereocenters. The molecule has 1 spiro atoms. The van der Waals surface area contributed by atoms with Crippen LogP contribution >= 0.6 is 11.3 Å². The molecule has 2 aliphatic heterocycles. The monoisotopic (exact) mass is 378 g/mol. The molecule has 2 atom stereocenters. The van der Waals surface area contributed by atoms with Gasteiger partial charge in [0.2, 0.25) is 0 Å². The van der Waals surface area contributed by atoms with Crippen molar-refractivity contribution >= 4 is 17.3 Å². The van der Waals surface area contributed by atoms with Gasteiger partial charge in [-0.2, -0.15) is 11.3 Å². The van der Waals surface area contributed by atoms with Crippen molar-refractivity contribution in [1.29, 1.82) is 0 Å². The van der Waals surface area contributed by atoms with Gasteiger partial charge in [-0.3, -0.25) is 9.89 Å². The molecule has 0 amide bonds. The Hall–Kier alpha value is -1.11. The number of guanidine groups is 1. The molecule has 146 valence electrons. The zero-order valence-electron chi connectivity index (χ0n) is 16.5. The number of hydrogen-bond acceptors (Lipinski definition) is 4. The highest BCUT2D eigenvalue weighted by molar-refractivity contribution is 7.07. The maximum Gasteiger partial charge on any atom is 0.194 e. The quantitative estimate of drug-likeness (QED) is 0.584. The van der Waals surface area contributed by atoms with E-state index in [0.717, 1.165) is 58.4 Å². The third-order valence-corrected chi connectivity index (χ3v) is 6.55. The molecule has 0 radical (unpaired) electrons. The van der Waals surface area contributed by atoms with Crippen LogP contribution in [0, 0.1) is 5.41 Å². The zero-order chi connectivity index (χ0) is 18.4. The summed E-state index contributed by atoms with van der Waals surface area (Å²) in [4.78, 5) is 10.0. The van der Waals surface area contributed by atoms with Gasteiger partial charge in [-0.1, -0.05) is 13.8 Å². The minimum absolute atomic E-state index is 0.358. The van der Waals surface area contributed by atoms with Gasteiger partial charge in [-0.05, 0) is 55.2 Å².